The number of methoxy groups -OCH3 is 1. The standard InChI is InChI=1S/C11H21N5O2/c1-16-8-14-15-10(16)5-6-13-11(17)9(12)4-3-7-18-2/h8-9H,3-7,12H2,1-2H3,(H,13,17). The zero-order valence-electron chi connectivity index (χ0n) is 10.9. The first-order valence-corrected chi connectivity index (χ1v) is 6.00. The van der Waals surface area contributed by atoms with E-state index in [1.165, 1.54) is 0 Å². The Bertz CT molecular complexity index is 366. The SMILES string of the molecule is COCCCC(N)C(=O)NCCc1nncn1C. The minimum atomic E-state index is -0.473. The fourth-order valence-electron chi connectivity index (χ4n) is 1.54. The smallest absolute Gasteiger partial charge is 0.236 e. The van der Waals surface area contributed by atoms with Crippen LogP contribution in [0.3, 0.4) is 0 Å². The Morgan fingerprint density at radius 2 is 2.44 bits per heavy atom. The van der Waals surface area contributed by atoms with Gasteiger partial charge in [-0.05, 0) is 12.8 Å². The molecule has 1 aromatic rings. The summed E-state index contributed by atoms with van der Waals surface area (Å²) < 4.78 is 6.73. The lowest BCUT2D eigenvalue weighted by Gasteiger charge is -2.11. The van der Waals surface area contributed by atoms with Crippen LogP contribution in [0.15, 0.2) is 6.33 Å². The van der Waals surface area contributed by atoms with Gasteiger partial charge in [-0.15, -0.1) is 10.2 Å². The number of carbonyl (C=O) groups excluding carboxylic acids is 1. The average Bonchev–Trinajstić information content (AvgIpc) is 2.75. The fraction of sp³-hybridized carbons (Fsp3) is 0.727. The van der Waals surface area contributed by atoms with Crippen LogP contribution >= 0.6 is 0 Å². The zero-order valence-corrected chi connectivity index (χ0v) is 10.9. The van der Waals surface area contributed by atoms with Gasteiger partial charge in [0.05, 0.1) is 6.04 Å². The van der Waals surface area contributed by atoms with E-state index in [9.17, 15) is 4.79 Å². The number of nitrogens with one attached hydrogen (secondary N) is 1. The van der Waals surface area contributed by atoms with Gasteiger partial charge in [0.25, 0.3) is 0 Å². The molecule has 1 heterocycles. The first kappa shape index (κ1) is 14.6. The summed E-state index contributed by atoms with van der Waals surface area (Å²) in [6.45, 7) is 1.14. The third-order valence-corrected chi connectivity index (χ3v) is 2.65. The van der Waals surface area contributed by atoms with E-state index in [0.717, 1.165) is 12.2 Å². The molecule has 1 rings (SSSR count). The van der Waals surface area contributed by atoms with Gasteiger partial charge in [0.1, 0.15) is 12.2 Å². The van der Waals surface area contributed by atoms with Crippen molar-refractivity contribution >= 4 is 5.91 Å². The molecule has 102 valence electrons. The van der Waals surface area contributed by atoms with Crippen LogP contribution in [0.1, 0.15) is 18.7 Å². The molecule has 0 spiro atoms. The van der Waals surface area contributed by atoms with Crippen LogP contribution in [0.5, 0.6) is 0 Å². The highest BCUT2D eigenvalue weighted by Crippen LogP contribution is 1.96. The molecule has 1 atom stereocenters. The van der Waals surface area contributed by atoms with Gasteiger partial charge in [-0.2, -0.15) is 0 Å². The van der Waals surface area contributed by atoms with Gasteiger partial charge in [-0.1, -0.05) is 0 Å². The Labute approximate surface area is 107 Å². The van der Waals surface area contributed by atoms with E-state index < -0.39 is 6.04 Å². The van der Waals surface area contributed by atoms with E-state index in [2.05, 4.69) is 15.5 Å². The average molecular weight is 255 g/mol. The number of rotatable bonds is 8. The topological polar surface area (TPSA) is 95.1 Å². The molecule has 0 aromatic carbocycles. The van der Waals surface area contributed by atoms with Gasteiger partial charge in [-0.25, -0.2) is 0 Å². The normalized spacial score (nSPS) is 12.4. The van der Waals surface area contributed by atoms with E-state index in [4.69, 9.17) is 10.5 Å². The Morgan fingerprint density at radius 3 is 3.06 bits per heavy atom. The van der Waals surface area contributed by atoms with Crippen LogP contribution in [-0.2, 0) is 23.0 Å². The Morgan fingerprint density at radius 1 is 1.67 bits per heavy atom. The molecule has 7 nitrogen and oxygen atoms in total. The van der Waals surface area contributed by atoms with Gasteiger partial charge in [0.15, 0.2) is 0 Å². The molecule has 0 saturated heterocycles. The van der Waals surface area contributed by atoms with E-state index >= 15 is 0 Å². The van der Waals surface area contributed by atoms with Gasteiger partial charge >= 0.3 is 0 Å². The van der Waals surface area contributed by atoms with Crippen molar-refractivity contribution in [1.29, 1.82) is 0 Å². The van der Waals surface area contributed by atoms with E-state index in [0.29, 0.717) is 26.0 Å². The maximum absolute atomic E-state index is 11.6. The molecule has 3 N–H and O–H groups in total. The van der Waals surface area contributed by atoms with Gasteiger partial charge in [0, 0.05) is 33.7 Å². The van der Waals surface area contributed by atoms with Crippen LogP contribution < -0.4 is 11.1 Å². The molecule has 1 amide bonds. The second-order valence-electron chi connectivity index (χ2n) is 4.14. The maximum atomic E-state index is 11.6. The number of hydrogen-bond donors (Lipinski definition) is 2. The van der Waals surface area contributed by atoms with Gasteiger partial charge in [-0.3, -0.25) is 4.79 Å². The number of nitrogens with two attached hydrogens (primary N) is 1. The van der Waals surface area contributed by atoms with Crippen molar-refractivity contribution in [3.8, 4) is 0 Å². The minimum absolute atomic E-state index is 0.131. The highest BCUT2D eigenvalue weighted by Gasteiger charge is 2.12. The number of hydrogen-bond acceptors (Lipinski definition) is 5. The van der Waals surface area contributed by atoms with Crippen LogP contribution in [-0.4, -0.2) is 47.0 Å². The predicted octanol–water partition coefficient (Wildman–Crippen LogP) is -0.772. The lowest BCUT2D eigenvalue weighted by molar-refractivity contribution is -0.122. The number of aryl methyl sites for hydroxylation is 1. The van der Waals surface area contributed by atoms with Crippen molar-refractivity contribution in [2.24, 2.45) is 12.8 Å². The number of ether oxygens (including phenoxy) is 1. The summed E-state index contributed by atoms with van der Waals surface area (Å²) >= 11 is 0. The fourth-order valence-corrected chi connectivity index (χ4v) is 1.54. The molecule has 0 saturated carbocycles. The summed E-state index contributed by atoms with van der Waals surface area (Å²) in [5, 5.41) is 10.5. The van der Waals surface area contributed by atoms with Crippen molar-refractivity contribution in [3.63, 3.8) is 0 Å². The largest absolute Gasteiger partial charge is 0.385 e. The van der Waals surface area contributed by atoms with Gasteiger partial charge < -0.3 is 20.4 Å². The van der Waals surface area contributed by atoms with Crippen LogP contribution in [0.25, 0.3) is 0 Å². The van der Waals surface area contributed by atoms with Crippen molar-refractivity contribution in [3.05, 3.63) is 12.2 Å². The molecule has 0 radical (unpaired) electrons. The van der Waals surface area contributed by atoms with E-state index in [1.54, 1.807) is 13.4 Å². The molecular weight excluding hydrogens is 234 g/mol. The van der Waals surface area contributed by atoms with Crippen LogP contribution in [0.2, 0.25) is 0 Å². The van der Waals surface area contributed by atoms with E-state index in [1.807, 2.05) is 11.6 Å². The van der Waals surface area contributed by atoms with Crippen molar-refractivity contribution < 1.29 is 9.53 Å². The summed E-state index contributed by atoms with van der Waals surface area (Å²) in [6.07, 6.45) is 3.69. The second kappa shape index (κ2) is 7.78. The summed E-state index contributed by atoms with van der Waals surface area (Å²) in [7, 11) is 3.50. The van der Waals surface area contributed by atoms with E-state index in [-0.39, 0.29) is 5.91 Å². The molecule has 0 bridgehead atoms. The monoisotopic (exact) mass is 255 g/mol. The molecule has 0 aliphatic heterocycles. The molecule has 0 aliphatic carbocycles. The molecule has 18 heavy (non-hydrogen) atoms. The van der Waals surface area contributed by atoms with Crippen LogP contribution in [0.4, 0.5) is 0 Å². The van der Waals surface area contributed by atoms with Crippen molar-refractivity contribution in [2.75, 3.05) is 20.3 Å². The summed E-state index contributed by atoms with van der Waals surface area (Å²) in [5.41, 5.74) is 5.75. The third kappa shape index (κ3) is 4.80. The first-order chi connectivity index (χ1) is 8.65. The number of nitrogens with zero attached hydrogens (tertiary/aromatic N) is 3. The highest BCUT2D eigenvalue weighted by molar-refractivity contribution is 5.81. The summed E-state index contributed by atoms with van der Waals surface area (Å²) in [4.78, 5) is 11.6. The van der Waals surface area contributed by atoms with Crippen molar-refractivity contribution in [2.45, 2.75) is 25.3 Å². The Kier molecular flexibility index (Phi) is 6.31. The lowest BCUT2D eigenvalue weighted by Crippen LogP contribution is -2.41. The van der Waals surface area contributed by atoms with Gasteiger partial charge in [0.2, 0.25) is 5.91 Å². The molecular formula is C11H21N5O2. The Balaban J connectivity index is 2.18. The third-order valence-electron chi connectivity index (χ3n) is 2.65. The quantitative estimate of drug-likeness (QED) is 0.595. The molecule has 1 unspecified atom stereocenters. The number of amides is 1. The number of carbonyl (C=O) groups is 1. The molecule has 7 heteroatoms. The summed E-state index contributed by atoms with van der Waals surface area (Å²) in [6, 6.07) is -0.473. The number of aromatic nitrogens is 3. The zero-order chi connectivity index (χ0) is 13.4. The highest BCUT2D eigenvalue weighted by atomic mass is 16.5. The molecule has 1 aromatic heterocycles. The summed E-state index contributed by atoms with van der Waals surface area (Å²) in [5.74, 6) is 0.705. The Hall–Kier alpha value is -1.47. The molecule has 0 aliphatic rings. The second-order valence-corrected chi connectivity index (χ2v) is 4.14. The predicted molar refractivity (Wildman–Crippen MR) is 66.8 cm³/mol. The minimum Gasteiger partial charge on any atom is -0.385 e. The van der Waals surface area contributed by atoms with Crippen molar-refractivity contribution in [1.82, 2.24) is 20.1 Å². The first-order valence-electron chi connectivity index (χ1n) is 6.00. The molecule has 0 fully saturated rings. The lowest BCUT2D eigenvalue weighted by atomic mass is 10.1. The maximum Gasteiger partial charge on any atom is 0.236 e. The van der Waals surface area contributed by atoms with Crippen LogP contribution in [0, 0.1) is 0 Å².